The summed E-state index contributed by atoms with van der Waals surface area (Å²) >= 11 is 0. The van der Waals surface area contributed by atoms with Crippen molar-refractivity contribution < 1.29 is 19.8 Å². The number of carbonyl (C=O) groups is 2. The summed E-state index contributed by atoms with van der Waals surface area (Å²) in [6.07, 6.45) is 3.39. The molecule has 1 amide bonds. The first-order chi connectivity index (χ1) is 7.09. The van der Waals surface area contributed by atoms with E-state index in [4.69, 9.17) is 10.2 Å². The summed E-state index contributed by atoms with van der Waals surface area (Å²) in [7, 11) is 0. The molecule has 0 fully saturated rings. The van der Waals surface area contributed by atoms with Crippen molar-refractivity contribution in [1.29, 1.82) is 0 Å². The van der Waals surface area contributed by atoms with Gasteiger partial charge in [0.25, 0.3) is 0 Å². The van der Waals surface area contributed by atoms with Crippen LogP contribution in [0.3, 0.4) is 0 Å². The Kier molecular flexibility index (Phi) is 1.96. The number of carboxylic acids is 1. The Bertz CT molecular complexity index is 461. The highest BCUT2D eigenvalue weighted by Crippen LogP contribution is 2.18. The van der Waals surface area contributed by atoms with E-state index in [1.807, 2.05) is 0 Å². The van der Waals surface area contributed by atoms with Crippen LogP contribution < -0.4 is 0 Å². The van der Waals surface area contributed by atoms with Crippen LogP contribution in [0.4, 0.5) is 4.79 Å². The molecule has 6 heteroatoms. The van der Waals surface area contributed by atoms with E-state index >= 15 is 0 Å². The molecule has 1 aliphatic rings. The first-order valence-electron chi connectivity index (χ1n) is 4.20. The van der Waals surface area contributed by atoms with Crippen LogP contribution in [-0.2, 0) is 6.54 Å². The van der Waals surface area contributed by atoms with Gasteiger partial charge in [0, 0.05) is 18.6 Å². The zero-order valence-corrected chi connectivity index (χ0v) is 7.62. The predicted octanol–water partition coefficient (Wildman–Crippen LogP) is 1.11. The molecule has 0 saturated heterocycles. The number of aromatic carboxylic acids is 1. The lowest BCUT2D eigenvalue weighted by molar-refractivity contribution is 0.0694. The van der Waals surface area contributed by atoms with Gasteiger partial charge in [-0.1, -0.05) is 0 Å². The summed E-state index contributed by atoms with van der Waals surface area (Å²) < 4.78 is 1.60. The van der Waals surface area contributed by atoms with Gasteiger partial charge in [0.2, 0.25) is 0 Å². The third-order valence-electron chi connectivity index (χ3n) is 2.23. The van der Waals surface area contributed by atoms with Crippen molar-refractivity contribution in [3.63, 3.8) is 0 Å². The van der Waals surface area contributed by atoms with Crippen LogP contribution in [0.1, 0.15) is 16.1 Å². The van der Waals surface area contributed by atoms with Gasteiger partial charge in [-0.3, -0.25) is 4.90 Å². The van der Waals surface area contributed by atoms with Crippen LogP contribution in [0, 0.1) is 0 Å². The molecule has 0 saturated carbocycles. The molecular weight excluding hydrogens is 200 g/mol. The number of carboxylic acid groups (broad SMARTS) is 2. The second kappa shape index (κ2) is 3.16. The van der Waals surface area contributed by atoms with Crippen molar-refractivity contribution in [2.75, 3.05) is 0 Å². The van der Waals surface area contributed by atoms with Gasteiger partial charge in [0.05, 0.1) is 17.8 Å². The topological polar surface area (TPSA) is 82.8 Å². The lowest BCUT2D eigenvalue weighted by Gasteiger charge is -2.20. The zero-order valence-electron chi connectivity index (χ0n) is 7.62. The minimum atomic E-state index is -1.10. The fourth-order valence-corrected chi connectivity index (χ4v) is 1.48. The van der Waals surface area contributed by atoms with Gasteiger partial charge in [0.15, 0.2) is 0 Å². The van der Waals surface area contributed by atoms with Crippen LogP contribution in [0.15, 0.2) is 18.5 Å². The summed E-state index contributed by atoms with van der Waals surface area (Å²) in [5.74, 6) is -1.05. The summed E-state index contributed by atoms with van der Waals surface area (Å²) in [5.41, 5.74) is 0.595. The minimum absolute atomic E-state index is 0.0560. The zero-order chi connectivity index (χ0) is 11.0. The van der Waals surface area contributed by atoms with E-state index in [2.05, 4.69) is 0 Å². The molecule has 0 spiro atoms. The highest BCUT2D eigenvalue weighted by Gasteiger charge is 2.21. The molecule has 0 unspecified atom stereocenters. The quantitative estimate of drug-likeness (QED) is 0.724. The maximum absolute atomic E-state index is 10.8. The summed E-state index contributed by atoms with van der Waals surface area (Å²) in [4.78, 5) is 22.5. The van der Waals surface area contributed by atoms with E-state index in [0.717, 1.165) is 4.90 Å². The number of rotatable bonds is 1. The van der Waals surface area contributed by atoms with Gasteiger partial charge in [-0.25, -0.2) is 9.59 Å². The van der Waals surface area contributed by atoms with Gasteiger partial charge in [0.1, 0.15) is 0 Å². The summed E-state index contributed by atoms with van der Waals surface area (Å²) in [6, 6.07) is 1.45. The molecule has 1 aromatic heterocycles. The molecule has 0 radical (unpaired) electrons. The Morgan fingerprint density at radius 1 is 1.27 bits per heavy atom. The molecule has 0 bridgehead atoms. The maximum Gasteiger partial charge on any atom is 0.411 e. The molecule has 0 aromatic carbocycles. The normalized spacial score (nSPS) is 13.7. The SMILES string of the molecule is O=C(O)c1ccn2c1CN(C(=O)O)C=C2. The number of nitrogens with zero attached hydrogens (tertiary/aromatic N) is 2. The van der Waals surface area contributed by atoms with E-state index in [1.165, 1.54) is 18.5 Å². The largest absolute Gasteiger partial charge is 0.478 e. The molecule has 2 N–H and O–H groups in total. The van der Waals surface area contributed by atoms with E-state index in [9.17, 15) is 9.59 Å². The number of fused-ring (bicyclic) bond motifs is 1. The average Bonchev–Trinajstić information content (AvgIpc) is 2.59. The van der Waals surface area contributed by atoms with Crippen LogP contribution >= 0.6 is 0 Å². The van der Waals surface area contributed by atoms with E-state index in [0.29, 0.717) is 5.69 Å². The lowest BCUT2D eigenvalue weighted by atomic mass is 10.2. The molecule has 2 heterocycles. The molecule has 0 aliphatic carbocycles. The third kappa shape index (κ3) is 1.45. The standard InChI is InChI=1S/C9H8N2O4/c12-8(13)6-1-2-10-3-4-11(9(14)15)5-7(6)10/h1-4H,5H2,(H,12,13)(H,14,15). The van der Waals surface area contributed by atoms with Crippen LogP contribution in [0.25, 0.3) is 6.20 Å². The van der Waals surface area contributed by atoms with Crippen LogP contribution in [-0.4, -0.2) is 31.7 Å². The molecule has 78 valence electrons. The van der Waals surface area contributed by atoms with Crippen molar-refractivity contribution in [2.45, 2.75) is 6.54 Å². The highest BCUT2D eigenvalue weighted by atomic mass is 16.4. The van der Waals surface area contributed by atoms with Gasteiger partial charge >= 0.3 is 12.1 Å². The average molecular weight is 208 g/mol. The summed E-state index contributed by atoms with van der Waals surface area (Å²) in [6.45, 7) is 0.0560. The van der Waals surface area contributed by atoms with Gasteiger partial charge in [-0.2, -0.15) is 0 Å². The van der Waals surface area contributed by atoms with Crippen LogP contribution in [0.2, 0.25) is 0 Å². The molecule has 15 heavy (non-hydrogen) atoms. The van der Waals surface area contributed by atoms with Gasteiger partial charge in [-0.05, 0) is 6.07 Å². The molecular formula is C9H8N2O4. The summed E-state index contributed by atoms with van der Waals surface area (Å²) in [5, 5.41) is 17.6. The first-order valence-corrected chi connectivity index (χ1v) is 4.20. The number of hydrogen-bond acceptors (Lipinski definition) is 2. The molecule has 0 atom stereocenters. The first kappa shape index (κ1) is 9.32. The van der Waals surface area contributed by atoms with Gasteiger partial charge < -0.3 is 14.8 Å². The maximum atomic E-state index is 10.8. The number of amides is 1. The second-order valence-corrected chi connectivity index (χ2v) is 3.10. The molecule has 6 nitrogen and oxygen atoms in total. The smallest absolute Gasteiger partial charge is 0.411 e. The van der Waals surface area contributed by atoms with Crippen molar-refractivity contribution >= 4 is 18.3 Å². The van der Waals surface area contributed by atoms with Crippen LogP contribution in [0.5, 0.6) is 0 Å². The minimum Gasteiger partial charge on any atom is -0.478 e. The van der Waals surface area contributed by atoms with Crippen molar-refractivity contribution in [2.24, 2.45) is 0 Å². The lowest BCUT2D eigenvalue weighted by Crippen LogP contribution is -2.27. The Hall–Kier alpha value is -2.24. The molecule has 1 aliphatic heterocycles. The molecule has 2 rings (SSSR count). The number of hydrogen-bond donors (Lipinski definition) is 2. The van der Waals surface area contributed by atoms with Crippen molar-refractivity contribution in [3.8, 4) is 0 Å². The van der Waals surface area contributed by atoms with Gasteiger partial charge in [-0.15, -0.1) is 0 Å². The Labute approximate surface area is 84.7 Å². The predicted molar refractivity (Wildman–Crippen MR) is 50.3 cm³/mol. The fraction of sp³-hybridized carbons (Fsp3) is 0.111. The van der Waals surface area contributed by atoms with Crippen molar-refractivity contribution in [3.05, 3.63) is 29.7 Å². The Balaban J connectivity index is 2.41. The molecule has 1 aromatic rings. The Morgan fingerprint density at radius 3 is 2.60 bits per heavy atom. The monoisotopic (exact) mass is 208 g/mol. The second-order valence-electron chi connectivity index (χ2n) is 3.10. The third-order valence-corrected chi connectivity index (χ3v) is 2.23. The Morgan fingerprint density at radius 2 is 2.00 bits per heavy atom. The van der Waals surface area contributed by atoms with E-state index in [-0.39, 0.29) is 12.1 Å². The highest BCUT2D eigenvalue weighted by molar-refractivity contribution is 5.89. The van der Waals surface area contributed by atoms with Crippen molar-refractivity contribution in [1.82, 2.24) is 9.47 Å². The number of aromatic nitrogens is 1. The van der Waals surface area contributed by atoms with E-state index in [1.54, 1.807) is 10.8 Å². The van der Waals surface area contributed by atoms with E-state index < -0.39 is 12.1 Å². The fourth-order valence-electron chi connectivity index (χ4n) is 1.48.